The van der Waals surface area contributed by atoms with Crippen molar-refractivity contribution in [3.63, 3.8) is 0 Å². The first-order chi connectivity index (χ1) is 11.8. The Balaban J connectivity index is 1.73. The van der Waals surface area contributed by atoms with Crippen LogP contribution in [-0.4, -0.2) is 50.7 Å². The maximum atomic E-state index is 12.3. The van der Waals surface area contributed by atoms with E-state index in [-0.39, 0.29) is 12.0 Å². The predicted octanol–water partition coefficient (Wildman–Crippen LogP) is 2.96. The van der Waals surface area contributed by atoms with Gasteiger partial charge < -0.3 is 14.7 Å². The van der Waals surface area contributed by atoms with Crippen molar-refractivity contribution in [1.82, 2.24) is 14.7 Å². The van der Waals surface area contributed by atoms with Crippen LogP contribution in [0.1, 0.15) is 38.7 Å². The van der Waals surface area contributed by atoms with E-state index in [0.717, 1.165) is 11.3 Å². The van der Waals surface area contributed by atoms with Gasteiger partial charge in [-0.25, -0.2) is 9.48 Å². The average molecular weight is 343 g/mol. The second kappa shape index (κ2) is 6.88. The van der Waals surface area contributed by atoms with E-state index in [2.05, 4.69) is 5.10 Å². The number of nitrogens with zero attached hydrogens (tertiary/aromatic N) is 3. The van der Waals surface area contributed by atoms with Crippen molar-refractivity contribution in [3.8, 4) is 5.69 Å². The van der Waals surface area contributed by atoms with Crippen LogP contribution in [0.5, 0.6) is 0 Å². The molecule has 0 aliphatic carbocycles. The number of piperidine rings is 1. The minimum absolute atomic E-state index is 0.118. The molecule has 2 heterocycles. The molecular formula is C19H25N3O3. The zero-order valence-corrected chi connectivity index (χ0v) is 14.9. The number of hydrogen-bond donors (Lipinski definition) is 1. The number of ether oxygens (including phenoxy) is 1. The summed E-state index contributed by atoms with van der Waals surface area (Å²) in [4.78, 5) is 14.0. The van der Waals surface area contributed by atoms with Crippen LogP contribution in [0.2, 0.25) is 0 Å². The highest BCUT2D eigenvalue weighted by Crippen LogP contribution is 2.29. The van der Waals surface area contributed by atoms with E-state index in [1.165, 1.54) is 0 Å². The first-order valence-corrected chi connectivity index (χ1v) is 8.59. The highest BCUT2D eigenvalue weighted by molar-refractivity contribution is 5.68. The summed E-state index contributed by atoms with van der Waals surface area (Å²) in [6.07, 6.45) is 3.38. The lowest BCUT2D eigenvalue weighted by molar-refractivity contribution is 0.00407. The maximum absolute atomic E-state index is 12.3. The molecule has 6 heteroatoms. The number of hydrogen-bond acceptors (Lipinski definition) is 4. The number of benzene rings is 1. The quantitative estimate of drug-likeness (QED) is 0.910. The zero-order valence-electron chi connectivity index (χ0n) is 14.9. The first-order valence-electron chi connectivity index (χ1n) is 8.59. The molecule has 1 N–H and O–H groups in total. The van der Waals surface area contributed by atoms with Crippen LogP contribution in [-0.2, 0) is 4.74 Å². The molecule has 0 saturated carbocycles. The van der Waals surface area contributed by atoms with Crippen LogP contribution in [0.15, 0.2) is 42.7 Å². The van der Waals surface area contributed by atoms with Crippen LogP contribution in [0.3, 0.4) is 0 Å². The third kappa shape index (κ3) is 4.20. The molecule has 0 radical (unpaired) electrons. The molecule has 1 aromatic heterocycles. The zero-order chi connectivity index (χ0) is 18.0. The fourth-order valence-corrected chi connectivity index (χ4v) is 3.06. The smallest absolute Gasteiger partial charge is 0.410 e. The van der Waals surface area contributed by atoms with Crippen LogP contribution in [0, 0.1) is 0 Å². The molecular weight excluding hydrogens is 318 g/mol. The van der Waals surface area contributed by atoms with Gasteiger partial charge in [0.2, 0.25) is 0 Å². The van der Waals surface area contributed by atoms with Gasteiger partial charge in [0.1, 0.15) is 5.60 Å². The Kier molecular flexibility index (Phi) is 4.81. The van der Waals surface area contributed by atoms with E-state index in [4.69, 9.17) is 4.74 Å². The van der Waals surface area contributed by atoms with Gasteiger partial charge >= 0.3 is 6.09 Å². The van der Waals surface area contributed by atoms with Crippen molar-refractivity contribution < 1.29 is 14.6 Å². The van der Waals surface area contributed by atoms with E-state index >= 15 is 0 Å². The van der Waals surface area contributed by atoms with Gasteiger partial charge in [0.05, 0.1) is 11.8 Å². The summed E-state index contributed by atoms with van der Waals surface area (Å²) in [6, 6.07) is 9.80. The van der Waals surface area contributed by atoms with Crippen molar-refractivity contribution in [2.75, 3.05) is 13.1 Å². The number of aliphatic hydroxyl groups excluding tert-OH is 1. The minimum atomic E-state index is -0.520. The third-order valence-corrected chi connectivity index (χ3v) is 4.32. The van der Waals surface area contributed by atoms with Gasteiger partial charge in [-0.15, -0.1) is 0 Å². The number of likely N-dealkylation sites (tertiary alicyclic amines) is 1. The van der Waals surface area contributed by atoms with Gasteiger partial charge in [-0.1, -0.05) is 12.1 Å². The van der Waals surface area contributed by atoms with E-state index in [0.29, 0.717) is 19.5 Å². The van der Waals surface area contributed by atoms with Crippen molar-refractivity contribution in [1.29, 1.82) is 0 Å². The fourth-order valence-electron chi connectivity index (χ4n) is 3.06. The van der Waals surface area contributed by atoms with Crippen LogP contribution < -0.4 is 0 Å². The topological polar surface area (TPSA) is 67.6 Å². The van der Waals surface area contributed by atoms with E-state index in [1.54, 1.807) is 15.8 Å². The standard InChI is InChI=1S/C19H25N3O3/c1-19(2,3)25-18(24)21-12-9-17(23)16(13-21)14-5-7-15(8-6-14)22-11-4-10-20-22/h4-8,10-11,16-17,23H,9,12-13H2,1-3H3/t16-,17-/m0/s1. The van der Waals surface area contributed by atoms with E-state index in [9.17, 15) is 9.90 Å². The summed E-state index contributed by atoms with van der Waals surface area (Å²) < 4.78 is 7.24. The van der Waals surface area contributed by atoms with Crippen LogP contribution in [0.4, 0.5) is 4.79 Å². The Labute approximate surface area is 148 Å². The van der Waals surface area contributed by atoms with Crippen LogP contribution in [0.25, 0.3) is 5.69 Å². The van der Waals surface area contributed by atoms with E-state index < -0.39 is 11.7 Å². The van der Waals surface area contributed by atoms with Gasteiger partial charge in [-0.05, 0) is 51.0 Å². The number of carbonyl (C=O) groups is 1. The minimum Gasteiger partial charge on any atom is -0.444 e. The molecule has 134 valence electrons. The van der Waals surface area contributed by atoms with E-state index in [1.807, 2.05) is 57.3 Å². The van der Waals surface area contributed by atoms with Gasteiger partial charge in [0.25, 0.3) is 0 Å². The lowest BCUT2D eigenvalue weighted by Gasteiger charge is -2.37. The summed E-state index contributed by atoms with van der Waals surface area (Å²) in [6.45, 7) is 6.54. The third-order valence-electron chi connectivity index (χ3n) is 4.32. The van der Waals surface area contributed by atoms with Gasteiger partial charge in [-0.2, -0.15) is 5.10 Å². The lowest BCUT2D eigenvalue weighted by Crippen LogP contribution is -2.46. The summed E-state index contributed by atoms with van der Waals surface area (Å²) in [5.74, 6) is -0.118. The second-order valence-electron chi connectivity index (χ2n) is 7.43. The Morgan fingerprint density at radius 2 is 2.00 bits per heavy atom. The van der Waals surface area contributed by atoms with Crippen molar-refractivity contribution in [2.45, 2.75) is 44.8 Å². The van der Waals surface area contributed by atoms with Gasteiger partial charge in [0.15, 0.2) is 0 Å². The molecule has 3 rings (SSSR count). The summed E-state index contributed by atoms with van der Waals surface area (Å²) in [5, 5.41) is 14.6. The maximum Gasteiger partial charge on any atom is 0.410 e. The molecule has 1 aliphatic rings. The van der Waals surface area contributed by atoms with Crippen molar-refractivity contribution in [2.24, 2.45) is 0 Å². The van der Waals surface area contributed by atoms with Gasteiger partial charge in [-0.3, -0.25) is 0 Å². The molecule has 0 bridgehead atoms. The molecule has 1 amide bonds. The molecule has 1 aromatic carbocycles. The Hall–Kier alpha value is -2.34. The predicted molar refractivity (Wildman–Crippen MR) is 94.7 cm³/mol. The number of rotatable bonds is 2. The number of amides is 1. The molecule has 1 aliphatic heterocycles. The Morgan fingerprint density at radius 1 is 1.28 bits per heavy atom. The Morgan fingerprint density at radius 3 is 2.60 bits per heavy atom. The Bertz CT molecular complexity index is 705. The molecule has 0 spiro atoms. The molecule has 2 aromatic rings. The monoisotopic (exact) mass is 343 g/mol. The van der Waals surface area contributed by atoms with Crippen molar-refractivity contribution >= 4 is 6.09 Å². The first kappa shape index (κ1) is 17.5. The highest BCUT2D eigenvalue weighted by Gasteiger charge is 2.33. The average Bonchev–Trinajstić information content (AvgIpc) is 3.08. The molecule has 2 atom stereocenters. The van der Waals surface area contributed by atoms with Crippen LogP contribution >= 0.6 is 0 Å². The fraction of sp³-hybridized carbons (Fsp3) is 0.474. The largest absolute Gasteiger partial charge is 0.444 e. The second-order valence-corrected chi connectivity index (χ2v) is 7.43. The molecule has 1 saturated heterocycles. The van der Waals surface area contributed by atoms with Crippen molar-refractivity contribution in [3.05, 3.63) is 48.3 Å². The number of aliphatic hydroxyl groups is 1. The normalized spacial score (nSPS) is 21.2. The summed E-state index contributed by atoms with van der Waals surface area (Å²) >= 11 is 0. The summed E-state index contributed by atoms with van der Waals surface area (Å²) in [5.41, 5.74) is 1.45. The SMILES string of the molecule is CC(C)(C)OC(=O)N1CC[C@H](O)[C@H](c2ccc(-n3cccn3)cc2)C1. The lowest BCUT2D eigenvalue weighted by atomic mass is 9.88. The molecule has 0 unspecified atom stereocenters. The van der Waals surface area contributed by atoms with Gasteiger partial charge in [0, 0.05) is 31.4 Å². The number of aromatic nitrogens is 2. The highest BCUT2D eigenvalue weighted by atomic mass is 16.6. The molecule has 1 fully saturated rings. The molecule has 6 nitrogen and oxygen atoms in total. The molecule has 25 heavy (non-hydrogen) atoms. The number of carbonyl (C=O) groups excluding carboxylic acids is 1. The summed E-state index contributed by atoms with van der Waals surface area (Å²) in [7, 11) is 0.